The van der Waals surface area contributed by atoms with Crippen LogP contribution in [0.3, 0.4) is 0 Å². The number of esters is 1. The van der Waals surface area contributed by atoms with Gasteiger partial charge in [0.15, 0.2) is 5.82 Å². The molecule has 1 aromatic carbocycles. The molecule has 0 spiro atoms. The van der Waals surface area contributed by atoms with E-state index in [1.165, 1.54) is 29.0 Å². The molecule has 0 bridgehead atoms. The number of carbonyl (C=O) groups is 2. The minimum atomic E-state index is -0.540. The highest BCUT2D eigenvalue weighted by Gasteiger charge is 2.25. The third-order valence-corrected chi connectivity index (χ3v) is 5.51. The molecule has 1 unspecified atom stereocenters. The molecule has 9 heteroatoms. The number of amides is 1. The maximum atomic E-state index is 13.1. The summed E-state index contributed by atoms with van der Waals surface area (Å²) in [5, 5.41) is 7.48. The van der Waals surface area contributed by atoms with Crippen LogP contribution in [0.15, 0.2) is 53.9 Å². The summed E-state index contributed by atoms with van der Waals surface area (Å²) in [6.07, 6.45) is 3.46. The van der Waals surface area contributed by atoms with Crippen LogP contribution in [0.25, 0.3) is 5.69 Å². The van der Waals surface area contributed by atoms with Crippen LogP contribution in [0.2, 0.25) is 0 Å². The molecule has 0 aliphatic heterocycles. The number of thioether (sulfide) groups is 1. The molecule has 3 rings (SSSR count). The van der Waals surface area contributed by atoms with Crippen LogP contribution in [0.1, 0.15) is 36.3 Å². The fraction of sp³-hybridized carbons (Fsp3) is 0.286. The number of para-hydroxylation sites is 1. The highest BCUT2D eigenvalue weighted by molar-refractivity contribution is 8.00. The minimum absolute atomic E-state index is 0.201. The third-order valence-electron chi connectivity index (χ3n) is 4.21. The summed E-state index contributed by atoms with van der Waals surface area (Å²) in [6, 6.07) is 11.1. The average molecular weight is 426 g/mol. The molecular formula is C21H23N5O3S. The van der Waals surface area contributed by atoms with Crippen molar-refractivity contribution < 1.29 is 14.3 Å². The van der Waals surface area contributed by atoms with Crippen molar-refractivity contribution >= 4 is 29.5 Å². The van der Waals surface area contributed by atoms with Crippen molar-refractivity contribution in [1.82, 2.24) is 19.7 Å². The molecule has 0 aliphatic carbocycles. The van der Waals surface area contributed by atoms with Crippen molar-refractivity contribution in [1.29, 1.82) is 0 Å². The van der Waals surface area contributed by atoms with Crippen molar-refractivity contribution in [2.45, 2.75) is 37.5 Å². The molecule has 1 atom stereocenters. The predicted molar refractivity (Wildman–Crippen MR) is 115 cm³/mol. The molecule has 2 heterocycles. The average Bonchev–Trinajstić information content (AvgIpc) is 3.16. The van der Waals surface area contributed by atoms with Gasteiger partial charge in [0, 0.05) is 5.69 Å². The van der Waals surface area contributed by atoms with Gasteiger partial charge in [0.2, 0.25) is 5.91 Å². The number of benzene rings is 1. The van der Waals surface area contributed by atoms with Gasteiger partial charge in [0.25, 0.3) is 0 Å². The molecule has 2 aromatic heterocycles. The Balaban J connectivity index is 1.90. The van der Waals surface area contributed by atoms with Crippen molar-refractivity contribution in [3.8, 4) is 5.69 Å². The lowest BCUT2D eigenvalue weighted by atomic mass is 10.2. The van der Waals surface area contributed by atoms with Gasteiger partial charge in [0.1, 0.15) is 16.9 Å². The summed E-state index contributed by atoms with van der Waals surface area (Å²) in [5.74, 6) is -0.508. The molecule has 30 heavy (non-hydrogen) atoms. The van der Waals surface area contributed by atoms with E-state index in [-0.39, 0.29) is 23.9 Å². The van der Waals surface area contributed by atoms with E-state index in [1.807, 2.05) is 50.2 Å². The van der Waals surface area contributed by atoms with Crippen molar-refractivity contribution in [2.24, 2.45) is 0 Å². The van der Waals surface area contributed by atoms with Gasteiger partial charge in [-0.15, -0.1) is 0 Å². The lowest BCUT2D eigenvalue weighted by Crippen LogP contribution is -2.27. The van der Waals surface area contributed by atoms with Crippen LogP contribution in [0.4, 0.5) is 5.82 Å². The Morgan fingerprint density at radius 1 is 1.20 bits per heavy atom. The van der Waals surface area contributed by atoms with Crippen LogP contribution < -0.4 is 5.32 Å². The Labute approximate surface area is 179 Å². The zero-order valence-electron chi connectivity index (χ0n) is 17.0. The normalized spacial score (nSPS) is 11.7. The monoisotopic (exact) mass is 425 g/mol. The van der Waals surface area contributed by atoms with E-state index in [9.17, 15) is 9.59 Å². The Morgan fingerprint density at radius 3 is 2.63 bits per heavy atom. The van der Waals surface area contributed by atoms with E-state index >= 15 is 0 Å². The molecular weight excluding hydrogens is 402 g/mol. The van der Waals surface area contributed by atoms with E-state index in [0.717, 1.165) is 11.4 Å². The van der Waals surface area contributed by atoms with E-state index in [1.54, 1.807) is 6.92 Å². The number of aryl methyl sites for hydroxylation is 1. The maximum Gasteiger partial charge on any atom is 0.343 e. The van der Waals surface area contributed by atoms with Crippen LogP contribution in [0.5, 0.6) is 0 Å². The number of ether oxygens (including phenoxy) is 1. The number of nitrogens with one attached hydrogen (secondary N) is 1. The van der Waals surface area contributed by atoms with Gasteiger partial charge in [-0.2, -0.15) is 5.10 Å². The maximum absolute atomic E-state index is 13.1. The Hall–Kier alpha value is -3.20. The molecule has 0 fully saturated rings. The number of carbonyl (C=O) groups excluding carboxylic acids is 2. The quantitative estimate of drug-likeness (QED) is 0.334. The zero-order chi connectivity index (χ0) is 21.5. The molecule has 0 saturated heterocycles. The number of anilines is 1. The second-order valence-electron chi connectivity index (χ2n) is 6.38. The molecule has 8 nitrogen and oxygen atoms in total. The molecule has 156 valence electrons. The lowest BCUT2D eigenvalue weighted by molar-refractivity contribution is -0.115. The number of hydrogen-bond donors (Lipinski definition) is 1. The van der Waals surface area contributed by atoms with Gasteiger partial charge in [-0.05, 0) is 38.5 Å². The van der Waals surface area contributed by atoms with Crippen LogP contribution in [-0.4, -0.2) is 43.5 Å². The van der Waals surface area contributed by atoms with Crippen molar-refractivity contribution in [3.63, 3.8) is 0 Å². The number of aromatic nitrogens is 4. The summed E-state index contributed by atoms with van der Waals surface area (Å²) in [5.41, 5.74) is 1.75. The summed E-state index contributed by atoms with van der Waals surface area (Å²) in [7, 11) is 0. The summed E-state index contributed by atoms with van der Waals surface area (Å²) >= 11 is 1.35. The van der Waals surface area contributed by atoms with E-state index in [4.69, 9.17) is 4.74 Å². The van der Waals surface area contributed by atoms with Gasteiger partial charge in [0.05, 0.1) is 23.7 Å². The number of hydrogen-bond acceptors (Lipinski definition) is 7. The van der Waals surface area contributed by atoms with Crippen LogP contribution in [0, 0.1) is 6.92 Å². The molecule has 0 radical (unpaired) electrons. The fourth-order valence-electron chi connectivity index (χ4n) is 2.75. The van der Waals surface area contributed by atoms with E-state index in [2.05, 4.69) is 20.4 Å². The van der Waals surface area contributed by atoms with Gasteiger partial charge in [-0.1, -0.05) is 36.9 Å². The minimum Gasteiger partial charge on any atom is -0.462 e. The highest BCUT2D eigenvalue weighted by atomic mass is 32.2. The molecule has 0 aliphatic rings. The van der Waals surface area contributed by atoms with Gasteiger partial charge in [-0.25, -0.2) is 19.4 Å². The van der Waals surface area contributed by atoms with E-state index in [0.29, 0.717) is 11.4 Å². The second kappa shape index (κ2) is 10.0. The van der Waals surface area contributed by atoms with Gasteiger partial charge >= 0.3 is 5.97 Å². The highest BCUT2D eigenvalue weighted by Crippen LogP contribution is 2.27. The lowest BCUT2D eigenvalue weighted by Gasteiger charge is -2.16. The van der Waals surface area contributed by atoms with Crippen molar-refractivity contribution in [2.75, 3.05) is 11.9 Å². The fourth-order valence-corrected chi connectivity index (χ4v) is 3.72. The Bertz CT molecular complexity index is 1020. The first-order valence-electron chi connectivity index (χ1n) is 9.60. The molecule has 1 N–H and O–H groups in total. The van der Waals surface area contributed by atoms with Crippen LogP contribution in [-0.2, 0) is 9.53 Å². The van der Waals surface area contributed by atoms with Gasteiger partial charge < -0.3 is 10.1 Å². The first kappa shape index (κ1) is 21.5. The third kappa shape index (κ3) is 5.04. The predicted octanol–water partition coefficient (Wildman–Crippen LogP) is 3.66. The number of nitrogens with zero attached hydrogens (tertiary/aromatic N) is 4. The summed E-state index contributed by atoms with van der Waals surface area (Å²) < 4.78 is 6.65. The van der Waals surface area contributed by atoms with Crippen molar-refractivity contribution in [3.05, 3.63) is 60.2 Å². The molecule has 3 aromatic rings. The van der Waals surface area contributed by atoms with Gasteiger partial charge in [-0.3, -0.25) is 4.79 Å². The Kier molecular flexibility index (Phi) is 7.18. The second-order valence-corrected chi connectivity index (χ2v) is 7.60. The number of rotatable bonds is 8. The summed E-state index contributed by atoms with van der Waals surface area (Å²) in [4.78, 5) is 33.8. The van der Waals surface area contributed by atoms with E-state index < -0.39 is 11.2 Å². The SMILES string of the molecule is CCOC(=O)c1cnn(-c2ccccc2)c1NC(=O)C(CC)Sc1cc(C)ncn1. The molecule has 0 saturated carbocycles. The van der Waals surface area contributed by atoms with Crippen LogP contribution >= 0.6 is 11.8 Å². The standard InChI is InChI=1S/C21H23N5O3S/c1-4-17(30-18-11-14(3)22-13-23-18)20(27)25-19-16(21(28)29-5-2)12-24-26(19)15-9-7-6-8-10-15/h6-13,17H,4-5H2,1-3H3,(H,25,27). The largest absolute Gasteiger partial charge is 0.462 e. The zero-order valence-corrected chi connectivity index (χ0v) is 17.8. The smallest absolute Gasteiger partial charge is 0.343 e. The summed E-state index contributed by atoms with van der Waals surface area (Å²) in [6.45, 7) is 5.75. The first-order valence-corrected chi connectivity index (χ1v) is 10.5. The first-order chi connectivity index (χ1) is 14.5. The molecule has 1 amide bonds. The topological polar surface area (TPSA) is 99.0 Å². The Morgan fingerprint density at radius 2 is 1.97 bits per heavy atom.